The molecule has 0 aliphatic rings. The summed E-state index contributed by atoms with van der Waals surface area (Å²) in [7, 11) is 1.53. The van der Waals surface area contributed by atoms with Gasteiger partial charge in [-0.15, -0.1) is 5.10 Å². The van der Waals surface area contributed by atoms with Gasteiger partial charge in [0.2, 0.25) is 5.82 Å². The molecule has 2 aromatic heterocycles. The van der Waals surface area contributed by atoms with Gasteiger partial charge in [0.05, 0.1) is 11.1 Å². The Morgan fingerprint density at radius 1 is 1.21 bits per heavy atom. The van der Waals surface area contributed by atoms with E-state index in [1.54, 1.807) is 12.1 Å². The van der Waals surface area contributed by atoms with E-state index in [2.05, 4.69) is 31.0 Å². The number of phenolic OH excluding ortho intramolecular Hbond substituents is 1. The van der Waals surface area contributed by atoms with Crippen LogP contribution in [0, 0.1) is 0 Å². The second-order valence-electron chi connectivity index (χ2n) is 4.94. The van der Waals surface area contributed by atoms with Crippen LogP contribution in [0.15, 0.2) is 41.0 Å². The van der Waals surface area contributed by atoms with Gasteiger partial charge in [0.1, 0.15) is 11.4 Å². The molecule has 1 aromatic carbocycles. The molecule has 0 spiro atoms. The predicted molar refractivity (Wildman–Crippen MR) is 84.0 cm³/mol. The van der Waals surface area contributed by atoms with Crippen molar-refractivity contribution < 1.29 is 18.3 Å². The molecule has 2 heterocycles. The monoisotopic (exact) mass is 398 g/mol. The van der Waals surface area contributed by atoms with Crippen molar-refractivity contribution in [1.29, 1.82) is 0 Å². The summed E-state index contributed by atoms with van der Waals surface area (Å²) in [5, 5.41) is 14.0. The molecule has 0 amide bonds. The zero-order valence-electron chi connectivity index (χ0n) is 12.2. The van der Waals surface area contributed by atoms with Crippen LogP contribution in [0.25, 0.3) is 22.9 Å². The lowest BCUT2D eigenvalue weighted by Gasteiger charge is -2.08. The zero-order chi connectivity index (χ0) is 17.5. The Morgan fingerprint density at radius 3 is 2.67 bits per heavy atom. The fourth-order valence-corrected chi connectivity index (χ4v) is 2.58. The zero-order valence-corrected chi connectivity index (χ0v) is 13.8. The normalized spacial score (nSPS) is 11.7. The van der Waals surface area contributed by atoms with Crippen LogP contribution in [-0.4, -0.2) is 24.9 Å². The number of aryl methyl sites for hydroxylation is 1. The highest BCUT2D eigenvalue weighted by atomic mass is 79.9. The standard InChI is InChI=1S/C15H10BrF3N4O/c1-23-14(9-7-8(16)4-5-11(9)24)21-13(22-23)12-10(15(17,18)19)3-2-6-20-12/h2-7,24H,1H3. The molecule has 0 saturated heterocycles. The van der Waals surface area contributed by atoms with E-state index < -0.39 is 11.7 Å². The van der Waals surface area contributed by atoms with Crippen molar-refractivity contribution in [1.82, 2.24) is 19.7 Å². The minimum Gasteiger partial charge on any atom is -0.507 e. The maximum Gasteiger partial charge on any atom is 0.418 e. The summed E-state index contributed by atoms with van der Waals surface area (Å²) >= 11 is 3.28. The third kappa shape index (κ3) is 2.99. The first-order valence-electron chi connectivity index (χ1n) is 6.70. The maximum atomic E-state index is 13.1. The molecule has 9 heteroatoms. The lowest BCUT2D eigenvalue weighted by Crippen LogP contribution is -2.08. The van der Waals surface area contributed by atoms with Crippen molar-refractivity contribution in [2.75, 3.05) is 0 Å². The summed E-state index contributed by atoms with van der Waals surface area (Å²) < 4.78 is 41.4. The van der Waals surface area contributed by atoms with Crippen molar-refractivity contribution in [2.45, 2.75) is 6.18 Å². The summed E-state index contributed by atoms with van der Waals surface area (Å²) in [6, 6.07) is 6.82. The third-order valence-electron chi connectivity index (χ3n) is 3.29. The first kappa shape index (κ1) is 16.4. The molecule has 0 saturated carbocycles. The number of rotatable bonds is 2. The number of phenols is 1. The van der Waals surface area contributed by atoms with Crippen LogP contribution in [0.1, 0.15) is 5.56 Å². The average Bonchev–Trinajstić information content (AvgIpc) is 2.90. The number of pyridine rings is 1. The van der Waals surface area contributed by atoms with Gasteiger partial charge in [-0.3, -0.25) is 4.98 Å². The lowest BCUT2D eigenvalue weighted by molar-refractivity contribution is -0.137. The molecular formula is C15H10BrF3N4O. The first-order valence-corrected chi connectivity index (χ1v) is 7.49. The van der Waals surface area contributed by atoms with Crippen LogP contribution < -0.4 is 0 Å². The average molecular weight is 399 g/mol. The van der Waals surface area contributed by atoms with Crippen LogP contribution in [-0.2, 0) is 13.2 Å². The van der Waals surface area contributed by atoms with Gasteiger partial charge in [0.25, 0.3) is 0 Å². The van der Waals surface area contributed by atoms with Gasteiger partial charge in [-0.2, -0.15) is 13.2 Å². The first-order chi connectivity index (χ1) is 11.3. The molecule has 1 N–H and O–H groups in total. The Labute approximate surface area is 142 Å². The third-order valence-corrected chi connectivity index (χ3v) is 3.78. The van der Waals surface area contributed by atoms with Gasteiger partial charge in [-0.1, -0.05) is 15.9 Å². The smallest absolute Gasteiger partial charge is 0.418 e. The van der Waals surface area contributed by atoms with E-state index >= 15 is 0 Å². The van der Waals surface area contributed by atoms with Gasteiger partial charge in [-0.05, 0) is 30.3 Å². The predicted octanol–water partition coefficient (Wildman–Crippen LogP) is 4.03. The SMILES string of the molecule is Cn1nc(-c2ncccc2C(F)(F)F)nc1-c1cc(Br)ccc1O. The summed E-state index contributed by atoms with van der Waals surface area (Å²) in [4.78, 5) is 7.91. The molecule has 0 aliphatic heterocycles. The maximum absolute atomic E-state index is 13.1. The minimum absolute atomic E-state index is 0.0580. The number of benzene rings is 1. The van der Waals surface area contributed by atoms with Gasteiger partial charge >= 0.3 is 6.18 Å². The molecule has 3 aromatic rings. The molecule has 0 aliphatic carbocycles. The van der Waals surface area contributed by atoms with E-state index in [1.165, 1.54) is 30.1 Å². The summed E-state index contributed by atoms with van der Waals surface area (Å²) in [6.07, 6.45) is -3.32. The fourth-order valence-electron chi connectivity index (χ4n) is 2.22. The Balaban J connectivity index is 2.16. The largest absolute Gasteiger partial charge is 0.507 e. The molecular weight excluding hydrogens is 389 g/mol. The van der Waals surface area contributed by atoms with Crippen LogP contribution in [0.3, 0.4) is 0 Å². The van der Waals surface area contributed by atoms with Gasteiger partial charge in [-0.25, -0.2) is 9.67 Å². The van der Waals surface area contributed by atoms with Crippen molar-refractivity contribution in [2.24, 2.45) is 7.05 Å². The molecule has 24 heavy (non-hydrogen) atoms. The molecule has 3 rings (SSSR count). The Hall–Kier alpha value is -2.42. The molecule has 0 bridgehead atoms. The second-order valence-corrected chi connectivity index (χ2v) is 5.86. The molecule has 0 atom stereocenters. The van der Waals surface area contributed by atoms with E-state index in [0.29, 0.717) is 10.0 Å². The number of aromatic nitrogens is 4. The van der Waals surface area contributed by atoms with Crippen molar-refractivity contribution in [3.63, 3.8) is 0 Å². The number of aromatic hydroxyl groups is 1. The number of hydrogen-bond donors (Lipinski definition) is 1. The van der Waals surface area contributed by atoms with Gasteiger partial charge in [0.15, 0.2) is 5.82 Å². The Bertz CT molecular complexity index is 908. The van der Waals surface area contributed by atoms with Crippen molar-refractivity contribution >= 4 is 15.9 Å². The fraction of sp³-hybridized carbons (Fsp3) is 0.133. The Morgan fingerprint density at radius 2 is 1.96 bits per heavy atom. The van der Waals surface area contributed by atoms with Crippen LogP contribution in [0.4, 0.5) is 13.2 Å². The van der Waals surface area contributed by atoms with E-state index in [4.69, 9.17) is 0 Å². The highest BCUT2D eigenvalue weighted by Gasteiger charge is 2.35. The van der Waals surface area contributed by atoms with E-state index in [-0.39, 0.29) is 23.1 Å². The highest BCUT2D eigenvalue weighted by Crippen LogP contribution is 2.36. The number of alkyl halides is 3. The molecule has 0 unspecified atom stereocenters. The number of nitrogens with zero attached hydrogens (tertiary/aromatic N) is 4. The molecule has 5 nitrogen and oxygen atoms in total. The van der Waals surface area contributed by atoms with Crippen LogP contribution in [0.2, 0.25) is 0 Å². The van der Waals surface area contributed by atoms with Crippen molar-refractivity contribution in [3.8, 4) is 28.7 Å². The van der Waals surface area contributed by atoms with Gasteiger partial charge < -0.3 is 5.11 Å². The van der Waals surface area contributed by atoms with Crippen LogP contribution >= 0.6 is 15.9 Å². The van der Waals surface area contributed by atoms with E-state index in [9.17, 15) is 18.3 Å². The van der Waals surface area contributed by atoms with Gasteiger partial charge in [0, 0.05) is 17.7 Å². The summed E-state index contributed by atoms with van der Waals surface area (Å²) in [5.41, 5.74) is -0.933. The van der Waals surface area contributed by atoms with E-state index in [0.717, 1.165) is 6.07 Å². The molecule has 124 valence electrons. The van der Waals surface area contributed by atoms with Crippen LogP contribution in [0.5, 0.6) is 5.75 Å². The number of halogens is 4. The number of hydrogen-bond acceptors (Lipinski definition) is 4. The minimum atomic E-state index is -4.57. The summed E-state index contributed by atoms with van der Waals surface area (Å²) in [5.74, 6) is -0.000284. The molecule has 0 fully saturated rings. The quantitative estimate of drug-likeness (QED) is 0.707. The highest BCUT2D eigenvalue weighted by molar-refractivity contribution is 9.10. The second kappa shape index (κ2) is 5.90. The van der Waals surface area contributed by atoms with E-state index in [1.807, 2.05) is 0 Å². The molecule has 0 radical (unpaired) electrons. The summed E-state index contributed by atoms with van der Waals surface area (Å²) in [6.45, 7) is 0. The Kier molecular flexibility index (Phi) is 4.04. The topological polar surface area (TPSA) is 63.8 Å². The van der Waals surface area contributed by atoms with Crippen molar-refractivity contribution in [3.05, 3.63) is 46.6 Å². The lowest BCUT2D eigenvalue weighted by atomic mass is 10.1.